The fraction of sp³-hybridized carbons (Fsp3) is 0.600. The third kappa shape index (κ3) is 5.05. The molecule has 2 amide bonds. The van der Waals surface area contributed by atoms with Gasteiger partial charge in [-0.1, -0.05) is 44.2 Å². The molecule has 0 radical (unpaired) electrons. The first-order chi connectivity index (χ1) is 11.9. The van der Waals surface area contributed by atoms with E-state index in [1.165, 1.54) is 0 Å². The van der Waals surface area contributed by atoms with Gasteiger partial charge in [-0.15, -0.1) is 0 Å². The van der Waals surface area contributed by atoms with Crippen molar-refractivity contribution < 1.29 is 9.59 Å². The minimum absolute atomic E-state index is 0.0131. The highest BCUT2D eigenvalue weighted by Gasteiger charge is 2.39. The van der Waals surface area contributed by atoms with E-state index in [1.54, 1.807) is 11.9 Å². The second-order valence-electron chi connectivity index (χ2n) is 7.34. The number of benzene rings is 1. The molecule has 1 aromatic carbocycles. The molecule has 0 spiro atoms. The molecule has 0 saturated carbocycles. The zero-order chi connectivity index (χ0) is 18.4. The molecule has 25 heavy (non-hydrogen) atoms. The number of carbonyl (C=O) groups is 2. The van der Waals surface area contributed by atoms with Crippen LogP contribution < -0.4 is 5.32 Å². The van der Waals surface area contributed by atoms with Gasteiger partial charge in [0.15, 0.2) is 0 Å². The van der Waals surface area contributed by atoms with Gasteiger partial charge < -0.3 is 10.2 Å². The largest absolute Gasteiger partial charge is 0.358 e. The van der Waals surface area contributed by atoms with Gasteiger partial charge in [0.05, 0.1) is 12.1 Å². The summed E-state index contributed by atoms with van der Waals surface area (Å²) in [6.45, 7) is 5.63. The lowest BCUT2D eigenvalue weighted by molar-refractivity contribution is -0.138. The Balaban J connectivity index is 2.10. The minimum atomic E-state index is -0.230. The van der Waals surface area contributed by atoms with Crippen LogP contribution in [0.1, 0.15) is 38.7 Å². The highest BCUT2D eigenvalue weighted by Crippen LogP contribution is 2.25. The molecule has 0 aliphatic carbocycles. The van der Waals surface area contributed by atoms with Crippen LogP contribution in [0.25, 0.3) is 0 Å². The Morgan fingerprint density at radius 3 is 2.56 bits per heavy atom. The minimum Gasteiger partial charge on any atom is -0.358 e. The van der Waals surface area contributed by atoms with E-state index < -0.39 is 0 Å². The first-order valence-corrected chi connectivity index (χ1v) is 9.20. The number of hydrogen-bond acceptors (Lipinski definition) is 3. The molecule has 0 bridgehead atoms. The first-order valence-electron chi connectivity index (χ1n) is 9.20. The van der Waals surface area contributed by atoms with E-state index in [0.29, 0.717) is 12.5 Å². The molecule has 1 aliphatic rings. The Labute approximate surface area is 151 Å². The Morgan fingerprint density at radius 1 is 1.28 bits per heavy atom. The van der Waals surface area contributed by atoms with Crippen molar-refractivity contribution in [2.45, 2.75) is 51.7 Å². The summed E-state index contributed by atoms with van der Waals surface area (Å²) in [5.41, 5.74) is 1.12. The molecule has 2 atom stereocenters. The quantitative estimate of drug-likeness (QED) is 0.825. The second kappa shape index (κ2) is 8.99. The second-order valence-corrected chi connectivity index (χ2v) is 7.34. The fourth-order valence-corrected chi connectivity index (χ4v) is 3.62. The first kappa shape index (κ1) is 19.4. The van der Waals surface area contributed by atoms with Crippen LogP contribution in [0.2, 0.25) is 0 Å². The van der Waals surface area contributed by atoms with Crippen molar-refractivity contribution >= 4 is 11.8 Å². The summed E-state index contributed by atoms with van der Waals surface area (Å²) in [5, 5.41) is 2.77. The average molecular weight is 345 g/mol. The van der Waals surface area contributed by atoms with Gasteiger partial charge in [0.2, 0.25) is 11.8 Å². The molecule has 0 unspecified atom stereocenters. The summed E-state index contributed by atoms with van der Waals surface area (Å²) in [5.74, 6) is 0.527. The highest BCUT2D eigenvalue weighted by atomic mass is 16.2. The van der Waals surface area contributed by atoms with Crippen LogP contribution in [0.15, 0.2) is 30.3 Å². The van der Waals surface area contributed by atoms with Crippen molar-refractivity contribution in [3.63, 3.8) is 0 Å². The van der Waals surface area contributed by atoms with Crippen LogP contribution in [0.3, 0.4) is 0 Å². The van der Waals surface area contributed by atoms with E-state index in [2.05, 4.69) is 24.1 Å². The van der Waals surface area contributed by atoms with Crippen LogP contribution in [0.5, 0.6) is 0 Å². The molecule has 1 N–H and O–H groups in total. The number of likely N-dealkylation sites (N-methyl/N-ethyl adjacent to an activating group) is 2. The van der Waals surface area contributed by atoms with Crippen molar-refractivity contribution in [1.29, 1.82) is 0 Å². The van der Waals surface area contributed by atoms with Crippen molar-refractivity contribution in [2.75, 3.05) is 20.6 Å². The van der Waals surface area contributed by atoms with E-state index in [-0.39, 0.29) is 23.9 Å². The number of amides is 2. The molecule has 5 heteroatoms. The molecule has 1 fully saturated rings. The van der Waals surface area contributed by atoms with Crippen molar-refractivity contribution in [3.05, 3.63) is 35.9 Å². The van der Waals surface area contributed by atoms with Crippen molar-refractivity contribution in [2.24, 2.45) is 5.92 Å². The van der Waals surface area contributed by atoms with E-state index >= 15 is 0 Å². The summed E-state index contributed by atoms with van der Waals surface area (Å²) in [4.78, 5) is 29.3. The lowest BCUT2D eigenvalue weighted by Crippen LogP contribution is -2.53. The van der Waals surface area contributed by atoms with Gasteiger partial charge in [-0.05, 0) is 37.3 Å². The number of nitrogens with zero attached hydrogens (tertiary/aromatic N) is 2. The topological polar surface area (TPSA) is 52.7 Å². The fourth-order valence-electron chi connectivity index (χ4n) is 3.62. The van der Waals surface area contributed by atoms with E-state index in [0.717, 1.165) is 31.4 Å². The van der Waals surface area contributed by atoms with Crippen molar-refractivity contribution in [1.82, 2.24) is 15.1 Å². The van der Waals surface area contributed by atoms with Crippen LogP contribution in [0.4, 0.5) is 0 Å². The van der Waals surface area contributed by atoms with Crippen LogP contribution >= 0.6 is 0 Å². The standard InChI is InChI=1S/C20H31N3O2/c1-15(2)13-18(19(24)21-3)23-12-8-11-17(23)20(25)22(4)14-16-9-6-5-7-10-16/h5-7,9-10,15,17-18H,8,11-14H2,1-4H3,(H,21,24)/t17-,18+/m0/s1. The maximum atomic E-state index is 13.0. The zero-order valence-electron chi connectivity index (χ0n) is 15.9. The van der Waals surface area contributed by atoms with Gasteiger partial charge in [-0.25, -0.2) is 0 Å². The summed E-state index contributed by atoms with van der Waals surface area (Å²) in [6.07, 6.45) is 2.55. The predicted molar refractivity (Wildman–Crippen MR) is 100.0 cm³/mol. The smallest absolute Gasteiger partial charge is 0.239 e. The molecule has 1 heterocycles. The molecule has 5 nitrogen and oxygen atoms in total. The summed E-state index contributed by atoms with van der Waals surface area (Å²) in [6, 6.07) is 9.58. The Hall–Kier alpha value is -1.88. The molecule has 1 aliphatic heterocycles. The van der Waals surface area contributed by atoms with Gasteiger partial charge in [-0.2, -0.15) is 0 Å². The van der Waals surface area contributed by atoms with E-state index in [4.69, 9.17) is 0 Å². The maximum absolute atomic E-state index is 13.0. The molecule has 2 rings (SSSR count). The molecule has 1 saturated heterocycles. The van der Waals surface area contributed by atoms with Gasteiger partial charge in [-0.3, -0.25) is 14.5 Å². The van der Waals surface area contributed by atoms with Gasteiger partial charge >= 0.3 is 0 Å². The Morgan fingerprint density at radius 2 is 1.96 bits per heavy atom. The number of carbonyl (C=O) groups excluding carboxylic acids is 2. The monoisotopic (exact) mass is 345 g/mol. The molecular weight excluding hydrogens is 314 g/mol. The highest BCUT2D eigenvalue weighted by molar-refractivity contribution is 5.85. The third-order valence-corrected chi connectivity index (χ3v) is 4.86. The van der Waals surface area contributed by atoms with Crippen LogP contribution in [0, 0.1) is 5.92 Å². The van der Waals surface area contributed by atoms with Crippen molar-refractivity contribution in [3.8, 4) is 0 Å². The molecule has 1 aromatic rings. The Kier molecular flexibility index (Phi) is 7.00. The molecule has 138 valence electrons. The number of likely N-dealkylation sites (tertiary alicyclic amines) is 1. The lowest BCUT2D eigenvalue weighted by atomic mass is 10.0. The SMILES string of the molecule is CNC(=O)[C@@H](CC(C)C)N1CCC[C@H]1C(=O)N(C)Cc1ccccc1. The molecular formula is C20H31N3O2. The maximum Gasteiger partial charge on any atom is 0.239 e. The Bertz CT molecular complexity index is 574. The average Bonchev–Trinajstić information content (AvgIpc) is 3.08. The summed E-state index contributed by atoms with van der Waals surface area (Å²) >= 11 is 0. The summed E-state index contributed by atoms with van der Waals surface area (Å²) < 4.78 is 0. The predicted octanol–water partition coefficient (Wildman–Crippen LogP) is 2.27. The van der Waals surface area contributed by atoms with Gasteiger partial charge in [0.25, 0.3) is 0 Å². The normalized spacial score (nSPS) is 19.0. The van der Waals surface area contributed by atoms with Crippen LogP contribution in [-0.4, -0.2) is 54.3 Å². The third-order valence-electron chi connectivity index (χ3n) is 4.86. The summed E-state index contributed by atoms with van der Waals surface area (Å²) in [7, 11) is 3.52. The van der Waals surface area contributed by atoms with Gasteiger partial charge in [0, 0.05) is 20.6 Å². The lowest BCUT2D eigenvalue weighted by Gasteiger charge is -2.34. The molecule has 0 aromatic heterocycles. The number of hydrogen-bond donors (Lipinski definition) is 1. The number of nitrogens with one attached hydrogen (secondary N) is 1. The zero-order valence-corrected chi connectivity index (χ0v) is 15.9. The van der Waals surface area contributed by atoms with Crippen LogP contribution in [-0.2, 0) is 16.1 Å². The van der Waals surface area contributed by atoms with Gasteiger partial charge in [0.1, 0.15) is 0 Å². The van der Waals surface area contributed by atoms with E-state index in [1.807, 2.05) is 37.4 Å². The van der Waals surface area contributed by atoms with E-state index in [9.17, 15) is 9.59 Å². The number of rotatable bonds is 7.